The van der Waals surface area contributed by atoms with Crippen molar-refractivity contribution in [1.29, 1.82) is 0 Å². The first-order valence-corrected chi connectivity index (χ1v) is 10.9. The van der Waals surface area contributed by atoms with Gasteiger partial charge in [-0.2, -0.15) is 0 Å². The highest BCUT2D eigenvalue weighted by atomic mass is 16.5. The topological polar surface area (TPSA) is 68.2 Å². The lowest BCUT2D eigenvalue weighted by Crippen LogP contribution is -2.54. The Labute approximate surface area is 188 Å². The second kappa shape index (κ2) is 7.26. The summed E-state index contributed by atoms with van der Waals surface area (Å²) in [7, 11) is 3.12. The van der Waals surface area contributed by atoms with Gasteiger partial charge in [-0.3, -0.25) is 0 Å². The molecule has 5 heteroatoms. The van der Waals surface area contributed by atoms with Crippen molar-refractivity contribution in [2.75, 3.05) is 14.2 Å². The molecule has 1 unspecified atom stereocenters. The molecule has 2 aliphatic rings. The van der Waals surface area contributed by atoms with Crippen molar-refractivity contribution in [3.63, 3.8) is 0 Å². The molecule has 1 aliphatic heterocycles. The summed E-state index contributed by atoms with van der Waals surface area (Å²) in [6.45, 7) is 3.99. The van der Waals surface area contributed by atoms with Crippen molar-refractivity contribution in [1.82, 2.24) is 0 Å². The lowest BCUT2D eigenvalue weighted by molar-refractivity contribution is -0.155. The fourth-order valence-electron chi connectivity index (χ4n) is 5.76. The maximum Gasteiger partial charge on any atom is 0.170 e. The highest BCUT2D eigenvalue weighted by Gasteiger charge is 2.73. The molecule has 1 saturated carbocycles. The molecule has 0 aromatic heterocycles. The van der Waals surface area contributed by atoms with Gasteiger partial charge in [0.05, 0.1) is 19.8 Å². The fourth-order valence-corrected chi connectivity index (χ4v) is 5.76. The average Bonchev–Trinajstić information content (AvgIpc) is 2.92. The summed E-state index contributed by atoms with van der Waals surface area (Å²) < 4.78 is 17.9. The van der Waals surface area contributed by atoms with Crippen LogP contribution in [0.5, 0.6) is 17.2 Å². The third-order valence-electron chi connectivity index (χ3n) is 7.32. The van der Waals surface area contributed by atoms with E-state index >= 15 is 0 Å². The minimum Gasteiger partial charge on any atom is -0.496 e. The monoisotopic (exact) mass is 432 g/mol. The van der Waals surface area contributed by atoms with Gasteiger partial charge in [0.15, 0.2) is 5.60 Å². The van der Waals surface area contributed by atoms with Gasteiger partial charge in [-0.1, -0.05) is 67.1 Å². The molecule has 32 heavy (non-hydrogen) atoms. The van der Waals surface area contributed by atoms with Crippen LogP contribution >= 0.6 is 0 Å². The van der Waals surface area contributed by atoms with Crippen LogP contribution in [0.25, 0.3) is 0 Å². The van der Waals surface area contributed by atoms with Gasteiger partial charge in [0.25, 0.3) is 0 Å². The SMILES string of the molecule is COc1cc(OC)c2c(c1)O[C@@]1(c3ccc(C)cc3)C(O)[C@]2(O)[C@@H](C)[C@@H]1c1ccccc1. The van der Waals surface area contributed by atoms with Crippen molar-refractivity contribution in [3.05, 3.63) is 89.0 Å². The first-order valence-electron chi connectivity index (χ1n) is 10.9. The van der Waals surface area contributed by atoms with Crippen LogP contribution in [0.1, 0.15) is 35.1 Å². The van der Waals surface area contributed by atoms with E-state index in [2.05, 4.69) is 0 Å². The van der Waals surface area contributed by atoms with Gasteiger partial charge in [-0.15, -0.1) is 0 Å². The first kappa shape index (κ1) is 20.9. The Morgan fingerprint density at radius 3 is 2.25 bits per heavy atom. The Bertz CT molecular complexity index is 1140. The van der Waals surface area contributed by atoms with E-state index in [0.29, 0.717) is 22.8 Å². The maximum atomic E-state index is 12.2. The molecular weight excluding hydrogens is 404 g/mol. The summed E-state index contributed by atoms with van der Waals surface area (Å²) in [4.78, 5) is 0. The molecule has 5 nitrogen and oxygen atoms in total. The molecule has 3 aromatic rings. The van der Waals surface area contributed by atoms with E-state index in [4.69, 9.17) is 14.2 Å². The Balaban J connectivity index is 1.84. The van der Waals surface area contributed by atoms with Gasteiger partial charge in [-0.05, 0) is 18.1 Å². The predicted octanol–water partition coefficient (Wildman–Crippen LogP) is 4.28. The Morgan fingerprint density at radius 2 is 1.62 bits per heavy atom. The molecule has 1 fully saturated rings. The van der Waals surface area contributed by atoms with E-state index in [-0.39, 0.29) is 11.8 Å². The summed E-state index contributed by atoms with van der Waals surface area (Å²) in [5, 5.41) is 24.1. The molecule has 1 aliphatic carbocycles. The van der Waals surface area contributed by atoms with Crippen LogP contribution in [0, 0.1) is 12.8 Å². The smallest absolute Gasteiger partial charge is 0.170 e. The lowest BCUT2D eigenvalue weighted by Gasteiger charge is -2.45. The molecular formula is C27H28O5. The molecule has 2 N–H and O–H groups in total. The van der Waals surface area contributed by atoms with E-state index < -0.39 is 17.3 Å². The van der Waals surface area contributed by atoms with Crippen LogP contribution in [0.3, 0.4) is 0 Å². The van der Waals surface area contributed by atoms with E-state index in [1.54, 1.807) is 26.4 Å². The summed E-state index contributed by atoms with van der Waals surface area (Å²) >= 11 is 0. The van der Waals surface area contributed by atoms with Crippen molar-refractivity contribution >= 4 is 0 Å². The van der Waals surface area contributed by atoms with E-state index in [1.807, 2.05) is 68.4 Å². The zero-order valence-electron chi connectivity index (χ0n) is 18.7. The number of ether oxygens (including phenoxy) is 3. The predicted molar refractivity (Wildman–Crippen MR) is 121 cm³/mol. The molecule has 0 saturated heterocycles. The highest BCUT2D eigenvalue weighted by molar-refractivity contribution is 5.60. The summed E-state index contributed by atoms with van der Waals surface area (Å²) in [6, 6.07) is 21.4. The molecule has 2 bridgehead atoms. The van der Waals surface area contributed by atoms with Gasteiger partial charge in [0, 0.05) is 24.0 Å². The molecule has 5 atom stereocenters. The van der Waals surface area contributed by atoms with Crippen LogP contribution in [0.4, 0.5) is 0 Å². The quantitative estimate of drug-likeness (QED) is 0.644. The second-order valence-corrected chi connectivity index (χ2v) is 8.87. The molecule has 0 spiro atoms. The molecule has 1 heterocycles. The van der Waals surface area contributed by atoms with E-state index in [1.165, 1.54) is 0 Å². The number of aliphatic hydroxyl groups is 2. The summed E-state index contributed by atoms with van der Waals surface area (Å²) in [5.74, 6) is 0.765. The van der Waals surface area contributed by atoms with Gasteiger partial charge in [0.1, 0.15) is 29.0 Å². The number of fused-ring (bicyclic) bond motifs is 4. The second-order valence-electron chi connectivity index (χ2n) is 8.87. The van der Waals surface area contributed by atoms with Crippen molar-refractivity contribution < 1.29 is 24.4 Å². The number of aryl methyl sites for hydroxylation is 1. The molecule has 5 rings (SSSR count). The van der Waals surface area contributed by atoms with Crippen molar-refractivity contribution in [2.24, 2.45) is 5.92 Å². The minimum absolute atomic E-state index is 0.311. The number of rotatable bonds is 4. The average molecular weight is 433 g/mol. The molecule has 0 amide bonds. The minimum atomic E-state index is -1.59. The van der Waals surface area contributed by atoms with Gasteiger partial charge in [-0.25, -0.2) is 0 Å². The summed E-state index contributed by atoms with van der Waals surface area (Å²) in [5.41, 5.74) is 0.608. The third-order valence-corrected chi connectivity index (χ3v) is 7.32. The highest BCUT2D eigenvalue weighted by Crippen LogP contribution is 2.67. The Kier molecular flexibility index (Phi) is 4.73. The van der Waals surface area contributed by atoms with Gasteiger partial charge < -0.3 is 24.4 Å². The molecule has 0 radical (unpaired) electrons. The number of hydrogen-bond acceptors (Lipinski definition) is 5. The van der Waals surface area contributed by atoms with Crippen molar-refractivity contribution in [2.45, 2.75) is 37.1 Å². The van der Waals surface area contributed by atoms with Crippen LogP contribution in [-0.4, -0.2) is 30.5 Å². The van der Waals surface area contributed by atoms with Gasteiger partial charge in [0.2, 0.25) is 0 Å². The molecule has 166 valence electrons. The maximum absolute atomic E-state index is 12.2. The third kappa shape index (κ3) is 2.58. The number of benzene rings is 3. The van der Waals surface area contributed by atoms with Crippen LogP contribution in [0.15, 0.2) is 66.7 Å². The van der Waals surface area contributed by atoms with E-state index in [9.17, 15) is 10.2 Å². The van der Waals surface area contributed by atoms with Crippen LogP contribution < -0.4 is 14.2 Å². The van der Waals surface area contributed by atoms with Crippen LogP contribution in [-0.2, 0) is 11.2 Å². The van der Waals surface area contributed by atoms with Gasteiger partial charge >= 0.3 is 0 Å². The Morgan fingerprint density at radius 1 is 0.938 bits per heavy atom. The first-order chi connectivity index (χ1) is 15.4. The normalized spacial score (nSPS) is 30.4. The summed E-state index contributed by atoms with van der Waals surface area (Å²) in [6.07, 6.45) is -1.22. The molecule has 3 aromatic carbocycles. The largest absolute Gasteiger partial charge is 0.496 e. The number of aliphatic hydroxyl groups excluding tert-OH is 1. The fraction of sp³-hybridized carbons (Fsp3) is 0.333. The number of methoxy groups -OCH3 is 2. The standard InChI is InChI=1S/C27H28O5/c1-16-10-12-19(13-11-16)27-23(18-8-6-5-7-9-18)17(2)26(29,25(27)28)24-21(31-4)14-20(30-3)15-22(24)32-27/h5-15,17,23,25,28-29H,1-4H3/t17-,23+,25?,26-,27+/m0/s1. The zero-order valence-corrected chi connectivity index (χ0v) is 18.7. The van der Waals surface area contributed by atoms with Crippen molar-refractivity contribution in [3.8, 4) is 17.2 Å². The lowest BCUT2D eigenvalue weighted by atomic mass is 9.75. The van der Waals surface area contributed by atoms with Crippen LogP contribution in [0.2, 0.25) is 0 Å². The number of hydrogen-bond donors (Lipinski definition) is 2. The zero-order chi connectivity index (χ0) is 22.7. The van der Waals surface area contributed by atoms with E-state index in [0.717, 1.165) is 16.7 Å². The Hall–Kier alpha value is -3.02.